The molecule has 0 aliphatic heterocycles. The average Bonchev–Trinajstić information content (AvgIpc) is 3.06. The van der Waals surface area contributed by atoms with E-state index in [0.717, 1.165) is 26.4 Å². The van der Waals surface area contributed by atoms with Crippen molar-refractivity contribution in [3.63, 3.8) is 0 Å². The molecule has 0 radical (unpaired) electrons. The lowest BCUT2D eigenvalue weighted by Gasteiger charge is -2.25. The Kier molecular flexibility index (Phi) is 30.6. The van der Waals surface area contributed by atoms with Crippen LogP contribution in [0.4, 0.5) is 0 Å². The van der Waals surface area contributed by atoms with Crippen LogP contribution in [0.3, 0.4) is 0 Å². The quantitative estimate of drug-likeness (QED) is 0.0221. The Morgan fingerprint density at radius 3 is 1.96 bits per heavy atom. The van der Waals surface area contributed by atoms with Gasteiger partial charge in [0, 0.05) is 32.7 Å². The molecule has 0 saturated heterocycles. The van der Waals surface area contributed by atoms with E-state index in [4.69, 9.17) is 9.47 Å². The predicted molar refractivity (Wildman–Crippen MR) is 209 cm³/mol. The monoisotopic (exact) mass is 756 g/mol. The minimum atomic E-state index is -3.69. The largest absolute Gasteiger partial charge is 0.462 e. The van der Waals surface area contributed by atoms with Crippen molar-refractivity contribution in [3.8, 4) is 11.8 Å². The number of hydrogen-bond acceptors (Lipinski definition) is 9. The minimum Gasteiger partial charge on any atom is -0.462 e. The maximum atomic E-state index is 12.3. The number of carbonyl (C=O) groups is 3. The third kappa shape index (κ3) is 33.4. The van der Waals surface area contributed by atoms with Gasteiger partial charge in [-0.3, -0.25) is 18.6 Å². The second kappa shape index (κ2) is 32.0. The van der Waals surface area contributed by atoms with Crippen molar-refractivity contribution in [3.05, 3.63) is 12.2 Å². The molecule has 0 aromatic carbocycles. The van der Waals surface area contributed by atoms with Crippen LogP contribution in [-0.4, -0.2) is 68.6 Å². The lowest BCUT2D eigenvalue weighted by molar-refractivity contribution is -0.153. The molecule has 10 nitrogen and oxygen atoms in total. The molecule has 302 valence electrons. The zero-order valence-corrected chi connectivity index (χ0v) is 34.1. The van der Waals surface area contributed by atoms with E-state index in [-0.39, 0.29) is 37.5 Å². The molecule has 52 heavy (non-hydrogen) atoms. The van der Waals surface area contributed by atoms with E-state index in [1.54, 1.807) is 6.92 Å². The molecule has 0 aromatic heterocycles. The van der Waals surface area contributed by atoms with Crippen LogP contribution in [0.5, 0.6) is 0 Å². The summed E-state index contributed by atoms with van der Waals surface area (Å²) in [4.78, 5) is 36.2. The molecule has 0 unspecified atom stereocenters. The van der Waals surface area contributed by atoms with E-state index in [2.05, 4.69) is 40.4 Å². The predicted octanol–water partition coefficient (Wildman–Crippen LogP) is 8.64. The summed E-state index contributed by atoms with van der Waals surface area (Å²) in [6, 6.07) is 0. The van der Waals surface area contributed by atoms with Crippen LogP contribution in [0, 0.1) is 11.8 Å². The maximum Gasteiger partial charge on any atom is 0.307 e. The number of esters is 2. The average molecular weight is 756 g/mol. The Morgan fingerprint density at radius 1 is 0.827 bits per heavy atom. The molecule has 0 aliphatic carbocycles. The van der Waals surface area contributed by atoms with Crippen LogP contribution in [-0.2, 0) is 38.2 Å². The summed E-state index contributed by atoms with van der Waals surface area (Å²) < 4.78 is 38.0. The topological polar surface area (TPSA) is 145 Å². The van der Waals surface area contributed by atoms with Gasteiger partial charge in [0.1, 0.15) is 12.2 Å². The molecule has 3 atom stereocenters. The molecule has 0 bridgehead atoms. The van der Waals surface area contributed by atoms with E-state index in [0.29, 0.717) is 25.7 Å². The van der Waals surface area contributed by atoms with Crippen molar-refractivity contribution in [1.82, 2.24) is 5.32 Å². The van der Waals surface area contributed by atoms with Gasteiger partial charge in [-0.05, 0) is 52.4 Å². The first-order valence-corrected chi connectivity index (χ1v) is 21.6. The fourth-order valence-electron chi connectivity index (χ4n) is 5.96. The highest BCUT2D eigenvalue weighted by molar-refractivity contribution is 7.86. The Hall–Kier alpha value is -2.42. The van der Waals surface area contributed by atoms with Crippen LogP contribution >= 0.6 is 0 Å². The summed E-state index contributed by atoms with van der Waals surface area (Å²) >= 11 is 0. The summed E-state index contributed by atoms with van der Waals surface area (Å²) in [5, 5.41) is 13.1. The van der Waals surface area contributed by atoms with Crippen LogP contribution in [0.25, 0.3) is 0 Å². The van der Waals surface area contributed by atoms with Gasteiger partial charge in [-0.1, -0.05) is 103 Å². The minimum absolute atomic E-state index is 0.125. The molecule has 2 N–H and O–H groups in total. The first kappa shape index (κ1) is 49.6. The zero-order chi connectivity index (χ0) is 38.9. The van der Waals surface area contributed by atoms with Gasteiger partial charge >= 0.3 is 11.9 Å². The molecule has 11 heteroatoms. The number of nitrogens with one attached hydrogen (secondary N) is 1. The van der Waals surface area contributed by atoms with Crippen LogP contribution in [0.2, 0.25) is 0 Å². The molecular formula is C41H73NO9S. The van der Waals surface area contributed by atoms with Gasteiger partial charge in [0.25, 0.3) is 10.1 Å². The maximum absolute atomic E-state index is 12.3. The highest BCUT2D eigenvalue weighted by atomic mass is 32.2. The molecule has 0 saturated carbocycles. The summed E-state index contributed by atoms with van der Waals surface area (Å²) in [6.45, 7) is 6.72. The van der Waals surface area contributed by atoms with Gasteiger partial charge in [0.05, 0.1) is 31.3 Å². The van der Waals surface area contributed by atoms with Crippen molar-refractivity contribution in [2.45, 2.75) is 200 Å². The molecule has 0 rings (SSSR count). The summed E-state index contributed by atoms with van der Waals surface area (Å²) in [5.74, 6) is 4.51. The van der Waals surface area contributed by atoms with Gasteiger partial charge in [0.2, 0.25) is 5.91 Å². The van der Waals surface area contributed by atoms with Crippen molar-refractivity contribution >= 4 is 28.0 Å². The van der Waals surface area contributed by atoms with Crippen molar-refractivity contribution in [2.75, 3.05) is 19.4 Å². The lowest BCUT2D eigenvalue weighted by Crippen LogP contribution is -2.36. The van der Waals surface area contributed by atoms with Gasteiger partial charge in [0.15, 0.2) is 0 Å². The molecule has 0 aromatic rings. The first-order valence-electron chi connectivity index (χ1n) is 20.0. The normalized spacial score (nSPS) is 13.9. The molecular weight excluding hydrogens is 683 g/mol. The van der Waals surface area contributed by atoms with Gasteiger partial charge in [-0.2, -0.15) is 8.42 Å². The van der Waals surface area contributed by atoms with Crippen molar-refractivity contribution < 1.29 is 41.6 Å². The summed E-state index contributed by atoms with van der Waals surface area (Å²) in [5.41, 5.74) is -1.34. The molecule has 0 fully saturated rings. The fraction of sp³-hybridized carbons (Fsp3) is 0.829. The first-order chi connectivity index (χ1) is 24.8. The van der Waals surface area contributed by atoms with Gasteiger partial charge in [-0.25, -0.2) is 0 Å². The summed E-state index contributed by atoms with van der Waals surface area (Å²) in [6.07, 6.45) is 27.3. The second-order valence-electron chi connectivity index (χ2n) is 14.4. The highest BCUT2D eigenvalue weighted by Crippen LogP contribution is 2.22. The second-order valence-corrected chi connectivity index (χ2v) is 16.2. The number of allylic oxidation sites excluding steroid dienone is 2. The number of aliphatic hydroxyl groups is 1. The van der Waals surface area contributed by atoms with Crippen LogP contribution in [0.1, 0.15) is 182 Å². The summed E-state index contributed by atoms with van der Waals surface area (Å²) in [7, 11) is -2.64. The van der Waals surface area contributed by atoms with Crippen LogP contribution < -0.4 is 5.32 Å². The lowest BCUT2D eigenvalue weighted by atomic mass is 9.93. The number of amides is 1. The molecule has 0 heterocycles. The Balaban J connectivity index is 4.06. The van der Waals surface area contributed by atoms with E-state index in [9.17, 15) is 27.9 Å². The van der Waals surface area contributed by atoms with E-state index >= 15 is 0 Å². The van der Waals surface area contributed by atoms with Crippen molar-refractivity contribution in [1.29, 1.82) is 0 Å². The smallest absolute Gasteiger partial charge is 0.307 e. The molecule has 0 aliphatic rings. The van der Waals surface area contributed by atoms with E-state index in [1.165, 1.54) is 104 Å². The number of rotatable bonds is 33. The van der Waals surface area contributed by atoms with Crippen LogP contribution in [0.15, 0.2) is 12.2 Å². The Morgan fingerprint density at radius 2 is 1.38 bits per heavy atom. The van der Waals surface area contributed by atoms with E-state index in [1.807, 2.05) is 0 Å². The van der Waals surface area contributed by atoms with Gasteiger partial charge in [-0.15, -0.1) is 11.8 Å². The number of hydrogen-bond donors (Lipinski definition) is 2. The SMILES string of the molecule is CCCCCCCCCCCCCCCC/C=C/CCC#CCCC(=O)O[C@H](C)C[C@H](CCC[C@@](C)(O)CC(=O)NCCS(=O)(=O)OC)OC(C)=O. The Labute approximate surface area is 317 Å². The standard InChI is InChI=1S/C41H73NO9S/c1-6-7-8-9-10-11-12-13-14-15-16-17-18-19-20-21-22-23-24-25-26-27-30-40(45)50-36(2)34-38(51-37(3)43)29-28-31-41(4,46)35-39(44)42-32-33-52(47,48)49-5/h21-22,36,38,46H,6-20,23-24,27-35H2,1-5H3,(H,42,44)/b22-21+/t36-,38+,41-/m1/s1. The molecule has 0 spiro atoms. The van der Waals surface area contributed by atoms with E-state index < -0.39 is 39.8 Å². The number of unbranched alkanes of at least 4 members (excludes halogenated alkanes) is 15. The van der Waals surface area contributed by atoms with Gasteiger partial charge < -0.3 is 19.9 Å². The Bertz CT molecular complexity index is 1140. The zero-order valence-electron chi connectivity index (χ0n) is 33.3. The number of ether oxygens (including phenoxy) is 2. The highest BCUT2D eigenvalue weighted by Gasteiger charge is 2.26. The third-order valence-corrected chi connectivity index (χ3v) is 10.1. The third-order valence-electron chi connectivity index (χ3n) is 8.88. The molecule has 1 amide bonds. The fourth-order valence-corrected chi connectivity index (χ4v) is 6.48. The number of carbonyl (C=O) groups excluding carboxylic acids is 3. The van der Waals surface area contributed by atoms with Crippen molar-refractivity contribution in [2.24, 2.45) is 0 Å².